The maximum atomic E-state index is 11.1. The minimum atomic E-state index is -2.94. The fraction of sp³-hybridized carbons (Fsp3) is 1.00. The first-order valence-corrected chi connectivity index (χ1v) is 4.94. The predicted octanol–water partition coefficient (Wildman–Crippen LogP) is -1.49. The second-order valence-electron chi connectivity index (χ2n) is 2.85. The van der Waals surface area contributed by atoms with Crippen molar-refractivity contribution in [3.05, 3.63) is 0 Å². The fourth-order valence-corrected chi connectivity index (χ4v) is 3.30. The molecule has 0 bridgehead atoms. The third-order valence-electron chi connectivity index (χ3n) is 2.22. The van der Waals surface area contributed by atoms with Crippen LogP contribution in [0.1, 0.15) is 0 Å². The van der Waals surface area contributed by atoms with E-state index in [1.165, 1.54) is 0 Å². The predicted molar refractivity (Wildman–Crippen MR) is 37.1 cm³/mol. The molecular weight excluding hydrogens is 152 g/mol. The molecule has 4 nitrogen and oxygen atoms in total. The molecule has 2 heterocycles. The first kappa shape index (κ1) is 6.57. The van der Waals surface area contributed by atoms with E-state index in [4.69, 9.17) is 0 Å². The standard InChI is InChI=1S/C5H10N2O2S/c8-10(9)5-3-6-1-4(5)2-7-10/h4-7H,1-3H2. The molecule has 5 heteroatoms. The zero-order valence-corrected chi connectivity index (χ0v) is 6.32. The summed E-state index contributed by atoms with van der Waals surface area (Å²) in [5.74, 6) is 0.310. The number of nitrogens with one attached hydrogen (secondary N) is 2. The molecule has 0 aromatic rings. The zero-order valence-electron chi connectivity index (χ0n) is 5.50. The van der Waals surface area contributed by atoms with Crippen LogP contribution in [0.2, 0.25) is 0 Å². The quantitative estimate of drug-likeness (QED) is 0.456. The average Bonchev–Trinajstić information content (AvgIpc) is 2.36. The number of rotatable bonds is 0. The van der Waals surface area contributed by atoms with Crippen molar-refractivity contribution in [3.8, 4) is 0 Å². The number of sulfonamides is 1. The molecule has 2 unspecified atom stereocenters. The molecule has 2 N–H and O–H groups in total. The van der Waals surface area contributed by atoms with E-state index in [9.17, 15) is 8.42 Å². The third kappa shape index (κ3) is 0.777. The van der Waals surface area contributed by atoms with Gasteiger partial charge in [-0.25, -0.2) is 13.1 Å². The van der Waals surface area contributed by atoms with E-state index in [2.05, 4.69) is 10.0 Å². The molecule has 0 aromatic carbocycles. The summed E-state index contributed by atoms with van der Waals surface area (Å²) >= 11 is 0. The second-order valence-corrected chi connectivity index (χ2v) is 4.83. The van der Waals surface area contributed by atoms with Crippen LogP contribution in [0.3, 0.4) is 0 Å². The Morgan fingerprint density at radius 1 is 1.20 bits per heavy atom. The molecule has 2 rings (SSSR count). The lowest BCUT2D eigenvalue weighted by Crippen LogP contribution is -2.28. The van der Waals surface area contributed by atoms with Gasteiger partial charge in [-0.2, -0.15) is 0 Å². The van der Waals surface area contributed by atoms with Gasteiger partial charge in [0.05, 0.1) is 5.25 Å². The van der Waals surface area contributed by atoms with Crippen LogP contribution in [0, 0.1) is 5.92 Å². The molecule has 2 aliphatic heterocycles. The maximum Gasteiger partial charge on any atom is 0.216 e. The Morgan fingerprint density at radius 2 is 2.00 bits per heavy atom. The monoisotopic (exact) mass is 162 g/mol. The molecule has 2 atom stereocenters. The summed E-state index contributed by atoms with van der Waals surface area (Å²) in [6.45, 7) is 2.09. The Labute approximate surface area is 60.0 Å². The molecule has 0 spiro atoms. The largest absolute Gasteiger partial charge is 0.315 e. The lowest BCUT2D eigenvalue weighted by Gasteiger charge is -2.01. The smallest absolute Gasteiger partial charge is 0.216 e. The summed E-state index contributed by atoms with van der Waals surface area (Å²) in [6.07, 6.45) is 0. The Hall–Kier alpha value is -0.130. The van der Waals surface area contributed by atoms with E-state index >= 15 is 0 Å². The van der Waals surface area contributed by atoms with E-state index in [1.807, 2.05) is 0 Å². The SMILES string of the molecule is O=S1(=O)NCC2CNCC21. The summed E-state index contributed by atoms with van der Waals surface area (Å²) in [5, 5.41) is 2.90. The van der Waals surface area contributed by atoms with Gasteiger partial charge in [0.25, 0.3) is 0 Å². The fourth-order valence-electron chi connectivity index (χ4n) is 1.61. The van der Waals surface area contributed by atoms with Gasteiger partial charge in [-0.3, -0.25) is 0 Å². The summed E-state index contributed by atoms with van der Waals surface area (Å²) in [7, 11) is -2.94. The van der Waals surface area contributed by atoms with Crippen molar-refractivity contribution >= 4 is 10.0 Å². The molecular formula is C5H10N2O2S. The Morgan fingerprint density at radius 3 is 2.70 bits per heavy atom. The van der Waals surface area contributed by atoms with Gasteiger partial charge < -0.3 is 5.32 Å². The van der Waals surface area contributed by atoms with Crippen LogP contribution < -0.4 is 10.0 Å². The van der Waals surface area contributed by atoms with Gasteiger partial charge in [-0.15, -0.1) is 0 Å². The van der Waals surface area contributed by atoms with Crippen molar-refractivity contribution in [2.45, 2.75) is 5.25 Å². The molecule has 2 fully saturated rings. The summed E-state index contributed by atoms with van der Waals surface area (Å²) in [6, 6.07) is 0. The van der Waals surface area contributed by atoms with Crippen LogP contribution in [0.4, 0.5) is 0 Å². The molecule has 2 saturated heterocycles. The Bertz CT molecular complexity index is 236. The van der Waals surface area contributed by atoms with Gasteiger partial charge in [-0.05, 0) is 0 Å². The highest BCUT2D eigenvalue weighted by molar-refractivity contribution is 7.90. The molecule has 0 amide bonds. The van der Waals surface area contributed by atoms with Crippen LogP contribution >= 0.6 is 0 Å². The first-order valence-electron chi connectivity index (χ1n) is 3.39. The Kier molecular flexibility index (Phi) is 1.27. The van der Waals surface area contributed by atoms with Crippen LogP contribution in [-0.4, -0.2) is 33.3 Å². The van der Waals surface area contributed by atoms with E-state index in [-0.39, 0.29) is 5.25 Å². The zero-order chi connectivity index (χ0) is 7.19. The van der Waals surface area contributed by atoms with Gasteiger partial charge >= 0.3 is 0 Å². The van der Waals surface area contributed by atoms with Gasteiger partial charge in [-0.1, -0.05) is 0 Å². The summed E-state index contributed by atoms with van der Waals surface area (Å²) < 4.78 is 24.7. The summed E-state index contributed by atoms with van der Waals surface area (Å²) in [5.41, 5.74) is 0. The van der Waals surface area contributed by atoms with E-state index in [0.29, 0.717) is 19.0 Å². The van der Waals surface area contributed by atoms with Crippen LogP contribution in [0.15, 0.2) is 0 Å². The molecule has 10 heavy (non-hydrogen) atoms. The minimum absolute atomic E-state index is 0.160. The van der Waals surface area contributed by atoms with Crippen LogP contribution in [0.25, 0.3) is 0 Å². The average molecular weight is 162 g/mol. The van der Waals surface area contributed by atoms with Crippen LogP contribution in [0.5, 0.6) is 0 Å². The van der Waals surface area contributed by atoms with Gasteiger partial charge in [0, 0.05) is 25.6 Å². The minimum Gasteiger partial charge on any atom is -0.315 e. The molecule has 2 aliphatic rings. The van der Waals surface area contributed by atoms with Crippen molar-refractivity contribution in [2.24, 2.45) is 5.92 Å². The molecule has 0 radical (unpaired) electrons. The highest BCUT2D eigenvalue weighted by atomic mass is 32.2. The lowest BCUT2D eigenvalue weighted by molar-refractivity contribution is 0.582. The van der Waals surface area contributed by atoms with E-state index in [1.54, 1.807) is 0 Å². The number of hydrogen-bond acceptors (Lipinski definition) is 3. The van der Waals surface area contributed by atoms with Gasteiger partial charge in [0.1, 0.15) is 0 Å². The van der Waals surface area contributed by atoms with Crippen molar-refractivity contribution in [3.63, 3.8) is 0 Å². The highest BCUT2D eigenvalue weighted by Gasteiger charge is 2.42. The van der Waals surface area contributed by atoms with Crippen molar-refractivity contribution < 1.29 is 8.42 Å². The van der Waals surface area contributed by atoms with Crippen molar-refractivity contribution in [1.29, 1.82) is 0 Å². The van der Waals surface area contributed by atoms with E-state index < -0.39 is 10.0 Å². The van der Waals surface area contributed by atoms with E-state index in [0.717, 1.165) is 6.54 Å². The number of fused-ring (bicyclic) bond motifs is 1. The molecule has 0 aromatic heterocycles. The lowest BCUT2D eigenvalue weighted by atomic mass is 10.1. The highest BCUT2D eigenvalue weighted by Crippen LogP contribution is 2.21. The van der Waals surface area contributed by atoms with Crippen molar-refractivity contribution in [1.82, 2.24) is 10.0 Å². The molecule has 58 valence electrons. The number of hydrogen-bond donors (Lipinski definition) is 2. The Balaban J connectivity index is 2.32. The molecule has 0 aliphatic carbocycles. The normalized spacial score (nSPS) is 43.6. The third-order valence-corrected chi connectivity index (χ3v) is 4.14. The second kappa shape index (κ2) is 1.93. The van der Waals surface area contributed by atoms with Gasteiger partial charge in [0.15, 0.2) is 0 Å². The maximum absolute atomic E-state index is 11.1. The topological polar surface area (TPSA) is 58.2 Å². The van der Waals surface area contributed by atoms with Gasteiger partial charge in [0.2, 0.25) is 10.0 Å². The molecule has 0 saturated carbocycles. The van der Waals surface area contributed by atoms with Crippen LogP contribution in [-0.2, 0) is 10.0 Å². The first-order chi connectivity index (χ1) is 4.70. The van der Waals surface area contributed by atoms with Crippen molar-refractivity contribution in [2.75, 3.05) is 19.6 Å². The summed E-state index contributed by atoms with van der Waals surface area (Å²) in [4.78, 5) is 0.